The molecule has 1 aromatic carbocycles. The summed E-state index contributed by atoms with van der Waals surface area (Å²) in [4.78, 5) is 26.9. The lowest BCUT2D eigenvalue weighted by Crippen LogP contribution is -2.61. The molecule has 1 aromatic rings. The van der Waals surface area contributed by atoms with E-state index in [-0.39, 0.29) is 11.2 Å². The standard InChI is InChI=1S/C19H24F3N3O4S/c20-19(21,22)29-15-3-1-14(2-4-15)24-17(27)16(26)23-13-18(5-9-28-10-6-18)25-7-11-30-12-8-25/h1-4H,5-13H2,(H,23,26)(H,24,27). The van der Waals surface area contributed by atoms with Gasteiger partial charge >= 0.3 is 18.2 Å². The highest BCUT2D eigenvalue weighted by Crippen LogP contribution is 2.30. The van der Waals surface area contributed by atoms with Gasteiger partial charge in [0.25, 0.3) is 0 Å². The molecule has 166 valence electrons. The summed E-state index contributed by atoms with van der Waals surface area (Å²) < 4.78 is 45.9. The molecule has 3 rings (SSSR count). The molecule has 7 nitrogen and oxygen atoms in total. The third-order valence-corrected chi connectivity index (χ3v) is 6.18. The van der Waals surface area contributed by atoms with Crippen LogP contribution in [-0.2, 0) is 14.3 Å². The van der Waals surface area contributed by atoms with Crippen LogP contribution in [0.5, 0.6) is 5.75 Å². The molecule has 2 aliphatic rings. The van der Waals surface area contributed by atoms with Crippen molar-refractivity contribution in [1.82, 2.24) is 10.2 Å². The molecule has 2 fully saturated rings. The molecule has 30 heavy (non-hydrogen) atoms. The Morgan fingerprint density at radius 1 is 1.10 bits per heavy atom. The van der Waals surface area contributed by atoms with Crippen molar-refractivity contribution in [2.24, 2.45) is 0 Å². The minimum Gasteiger partial charge on any atom is -0.406 e. The maximum Gasteiger partial charge on any atom is 0.573 e. The van der Waals surface area contributed by atoms with Gasteiger partial charge < -0.3 is 20.1 Å². The number of carbonyl (C=O) groups excluding carboxylic acids is 2. The predicted molar refractivity (Wildman–Crippen MR) is 106 cm³/mol. The fourth-order valence-electron chi connectivity index (χ4n) is 3.65. The molecule has 0 unspecified atom stereocenters. The molecule has 2 aliphatic heterocycles. The van der Waals surface area contributed by atoms with E-state index < -0.39 is 23.9 Å². The van der Waals surface area contributed by atoms with Gasteiger partial charge in [0.2, 0.25) is 0 Å². The summed E-state index contributed by atoms with van der Waals surface area (Å²) in [6, 6.07) is 4.59. The molecule has 0 aliphatic carbocycles. The quantitative estimate of drug-likeness (QED) is 0.674. The van der Waals surface area contributed by atoms with Crippen molar-refractivity contribution in [2.75, 3.05) is 49.7 Å². The molecular formula is C19H24F3N3O4S. The number of benzene rings is 1. The van der Waals surface area contributed by atoms with Crippen molar-refractivity contribution in [3.05, 3.63) is 24.3 Å². The summed E-state index contributed by atoms with van der Waals surface area (Å²) in [5, 5.41) is 5.11. The number of nitrogens with zero attached hydrogens (tertiary/aromatic N) is 1. The molecule has 0 atom stereocenters. The number of nitrogens with one attached hydrogen (secondary N) is 2. The van der Waals surface area contributed by atoms with Crippen LogP contribution in [-0.4, -0.2) is 73.0 Å². The lowest BCUT2D eigenvalue weighted by Gasteiger charge is -2.47. The molecule has 0 aromatic heterocycles. The lowest BCUT2D eigenvalue weighted by atomic mass is 9.87. The van der Waals surface area contributed by atoms with E-state index in [2.05, 4.69) is 20.3 Å². The molecule has 2 saturated heterocycles. The van der Waals surface area contributed by atoms with Gasteiger partial charge in [0.15, 0.2) is 0 Å². The van der Waals surface area contributed by atoms with Crippen molar-refractivity contribution >= 4 is 29.3 Å². The van der Waals surface area contributed by atoms with E-state index in [1.54, 1.807) is 0 Å². The first-order chi connectivity index (χ1) is 14.3. The maximum atomic E-state index is 12.3. The Morgan fingerprint density at radius 3 is 2.33 bits per heavy atom. The number of alkyl halides is 3. The van der Waals surface area contributed by atoms with Gasteiger partial charge in [0.1, 0.15) is 5.75 Å². The summed E-state index contributed by atoms with van der Waals surface area (Å²) in [5.74, 6) is -0.0132. The summed E-state index contributed by atoms with van der Waals surface area (Å²) >= 11 is 1.90. The van der Waals surface area contributed by atoms with E-state index in [1.807, 2.05) is 11.8 Å². The highest BCUT2D eigenvalue weighted by molar-refractivity contribution is 7.99. The number of hydrogen-bond acceptors (Lipinski definition) is 6. The van der Waals surface area contributed by atoms with Crippen molar-refractivity contribution in [3.63, 3.8) is 0 Å². The van der Waals surface area contributed by atoms with E-state index in [4.69, 9.17) is 4.74 Å². The van der Waals surface area contributed by atoms with Gasteiger partial charge in [-0.05, 0) is 37.1 Å². The second kappa shape index (κ2) is 9.88. The van der Waals surface area contributed by atoms with Crippen LogP contribution < -0.4 is 15.4 Å². The second-order valence-corrected chi connectivity index (χ2v) is 8.37. The monoisotopic (exact) mass is 447 g/mol. The minimum absolute atomic E-state index is 0.193. The number of anilines is 1. The number of hydrogen-bond donors (Lipinski definition) is 2. The molecule has 0 bridgehead atoms. The van der Waals surface area contributed by atoms with Crippen LogP contribution in [0.15, 0.2) is 24.3 Å². The fourth-order valence-corrected chi connectivity index (χ4v) is 4.55. The Morgan fingerprint density at radius 2 is 1.73 bits per heavy atom. The van der Waals surface area contributed by atoms with Gasteiger partial charge in [0, 0.05) is 55.6 Å². The van der Waals surface area contributed by atoms with Crippen molar-refractivity contribution in [2.45, 2.75) is 24.7 Å². The van der Waals surface area contributed by atoms with Crippen molar-refractivity contribution in [1.29, 1.82) is 0 Å². The Balaban J connectivity index is 1.54. The highest BCUT2D eigenvalue weighted by atomic mass is 32.2. The van der Waals surface area contributed by atoms with Gasteiger partial charge in [-0.2, -0.15) is 11.8 Å². The lowest BCUT2D eigenvalue weighted by molar-refractivity contribution is -0.274. The zero-order valence-electron chi connectivity index (χ0n) is 16.3. The molecule has 2 heterocycles. The molecular weight excluding hydrogens is 423 g/mol. The predicted octanol–water partition coefficient (Wildman–Crippen LogP) is 2.24. The first-order valence-electron chi connectivity index (χ1n) is 9.63. The van der Waals surface area contributed by atoms with Gasteiger partial charge in [-0.3, -0.25) is 14.5 Å². The van der Waals surface area contributed by atoms with Crippen LogP contribution >= 0.6 is 11.8 Å². The third kappa shape index (κ3) is 6.26. The Hall–Kier alpha value is -1.98. The maximum absolute atomic E-state index is 12.3. The Bertz CT molecular complexity index is 734. The number of rotatable bonds is 5. The third-order valence-electron chi connectivity index (χ3n) is 5.24. The van der Waals surface area contributed by atoms with Crippen molar-refractivity contribution in [3.8, 4) is 5.75 Å². The van der Waals surface area contributed by atoms with Crippen LogP contribution in [0.1, 0.15) is 12.8 Å². The summed E-state index contributed by atoms with van der Waals surface area (Å²) in [5.41, 5.74) is -0.0373. The minimum atomic E-state index is -4.79. The second-order valence-electron chi connectivity index (χ2n) is 7.15. The first kappa shape index (κ1) is 22.7. The van der Waals surface area contributed by atoms with Gasteiger partial charge in [-0.25, -0.2) is 0 Å². The van der Waals surface area contributed by atoms with E-state index in [0.717, 1.165) is 49.6 Å². The zero-order chi connectivity index (χ0) is 21.6. The molecule has 0 spiro atoms. The largest absolute Gasteiger partial charge is 0.573 e. The van der Waals surface area contributed by atoms with Gasteiger partial charge in [0.05, 0.1) is 0 Å². The molecule has 0 radical (unpaired) electrons. The summed E-state index contributed by atoms with van der Waals surface area (Å²) in [6.45, 7) is 3.42. The Labute approximate surface area is 176 Å². The van der Waals surface area contributed by atoms with Crippen molar-refractivity contribution < 1.29 is 32.2 Å². The van der Waals surface area contributed by atoms with E-state index in [0.29, 0.717) is 19.8 Å². The Kier molecular flexibility index (Phi) is 7.48. The SMILES string of the molecule is O=C(NCC1(N2CCSCC2)CCOCC1)C(=O)Nc1ccc(OC(F)(F)F)cc1. The van der Waals surface area contributed by atoms with E-state index in [1.165, 1.54) is 12.1 Å². The van der Waals surface area contributed by atoms with Crippen LogP contribution in [0.2, 0.25) is 0 Å². The normalized spacial score (nSPS) is 19.7. The van der Waals surface area contributed by atoms with E-state index in [9.17, 15) is 22.8 Å². The summed E-state index contributed by atoms with van der Waals surface area (Å²) in [7, 11) is 0. The summed E-state index contributed by atoms with van der Waals surface area (Å²) in [6.07, 6.45) is -3.24. The number of halogens is 3. The highest BCUT2D eigenvalue weighted by Gasteiger charge is 2.39. The number of ether oxygens (including phenoxy) is 2. The van der Waals surface area contributed by atoms with Crippen LogP contribution in [0.3, 0.4) is 0 Å². The molecule has 0 saturated carbocycles. The fraction of sp³-hybridized carbons (Fsp3) is 0.579. The number of amides is 2. The molecule has 2 amide bonds. The molecule has 2 N–H and O–H groups in total. The van der Waals surface area contributed by atoms with Gasteiger partial charge in [-0.1, -0.05) is 0 Å². The molecule has 11 heteroatoms. The number of carbonyl (C=O) groups is 2. The van der Waals surface area contributed by atoms with Crippen LogP contribution in [0.25, 0.3) is 0 Å². The number of thioether (sulfide) groups is 1. The van der Waals surface area contributed by atoms with Crippen LogP contribution in [0, 0.1) is 0 Å². The average molecular weight is 447 g/mol. The van der Waals surface area contributed by atoms with Crippen LogP contribution in [0.4, 0.5) is 18.9 Å². The first-order valence-corrected chi connectivity index (χ1v) is 10.8. The van der Waals surface area contributed by atoms with Gasteiger partial charge in [-0.15, -0.1) is 13.2 Å². The topological polar surface area (TPSA) is 79.9 Å². The van der Waals surface area contributed by atoms with E-state index >= 15 is 0 Å². The average Bonchev–Trinajstić information content (AvgIpc) is 2.73. The smallest absolute Gasteiger partial charge is 0.406 e. The zero-order valence-corrected chi connectivity index (χ0v) is 17.1.